The van der Waals surface area contributed by atoms with Crippen molar-refractivity contribution in [3.05, 3.63) is 54.4 Å². The molecular weight excluding hydrogens is 381 g/mol. The molecule has 28 heavy (non-hydrogen) atoms. The van der Waals surface area contributed by atoms with Gasteiger partial charge in [-0.3, -0.25) is 5.32 Å². The Morgan fingerprint density at radius 3 is 2.54 bits per heavy atom. The van der Waals surface area contributed by atoms with Crippen molar-refractivity contribution >= 4 is 24.1 Å². The van der Waals surface area contributed by atoms with E-state index in [9.17, 15) is 18.0 Å². The third kappa shape index (κ3) is 5.27. The van der Waals surface area contributed by atoms with Crippen molar-refractivity contribution in [2.75, 3.05) is 5.32 Å². The Bertz CT molecular complexity index is 984. The van der Waals surface area contributed by atoms with Crippen LogP contribution >= 0.6 is 0 Å². The first kappa shape index (κ1) is 18.8. The van der Waals surface area contributed by atoms with Gasteiger partial charge in [0.2, 0.25) is 0 Å². The van der Waals surface area contributed by atoms with Gasteiger partial charge in [-0.2, -0.15) is 0 Å². The Hall–Kier alpha value is -3.96. The highest BCUT2D eigenvalue weighted by Gasteiger charge is 2.31. The molecule has 144 valence electrons. The topological polar surface area (TPSA) is 115 Å². The predicted octanol–water partition coefficient (Wildman–Crippen LogP) is 3.22. The zero-order valence-electron chi connectivity index (χ0n) is 13.8. The first-order chi connectivity index (χ1) is 13.3. The summed E-state index contributed by atoms with van der Waals surface area (Å²) in [5, 5.41) is 14.9. The molecule has 12 heteroatoms. The quantitative estimate of drug-likeness (QED) is 0.685. The summed E-state index contributed by atoms with van der Waals surface area (Å²) in [4.78, 5) is 22.3. The number of nitrogens with zero attached hydrogens (tertiary/aromatic N) is 5. The first-order valence-electron chi connectivity index (χ1n) is 7.56. The molecule has 0 radical (unpaired) electrons. The van der Waals surface area contributed by atoms with Gasteiger partial charge in [-0.05, 0) is 42.0 Å². The minimum absolute atomic E-state index is 0.191. The number of hydrogen-bond acceptors (Lipinski definition) is 6. The van der Waals surface area contributed by atoms with Crippen LogP contribution in [-0.4, -0.2) is 42.3 Å². The van der Waals surface area contributed by atoms with Crippen molar-refractivity contribution in [3.63, 3.8) is 0 Å². The van der Waals surface area contributed by atoms with E-state index in [2.05, 4.69) is 30.1 Å². The zero-order valence-corrected chi connectivity index (χ0v) is 13.8. The van der Waals surface area contributed by atoms with E-state index in [-0.39, 0.29) is 11.6 Å². The van der Waals surface area contributed by atoms with Crippen molar-refractivity contribution in [1.29, 1.82) is 0 Å². The van der Waals surface area contributed by atoms with Crippen molar-refractivity contribution in [1.82, 2.24) is 24.7 Å². The zero-order chi connectivity index (χ0) is 20.1. The Labute approximate surface area is 155 Å². The fraction of sp³-hybridized carbons (Fsp3) is 0.0625. The summed E-state index contributed by atoms with van der Waals surface area (Å²) in [6.45, 7) is 0. The maximum absolute atomic E-state index is 12.2. The van der Waals surface area contributed by atoms with E-state index in [0.717, 1.165) is 12.3 Å². The number of carboxylic acid groups (broad SMARTS) is 1. The Kier molecular flexibility index (Phi) is 5.20. The second-order valence-electron chi connectivity index (χ2n) is 5.19. The third-order valence-electron chi connectivity index (χ3n) is 3.14. The summed E-state index contributed by atoms with van der Waals surface area (Å²) < 4.78 is 41.5. The van der Waals surface area contributed by atoms with E-state index >= 15 is 0 Å². The van der Waals surface area contributed by atoms with E-state index < -0.39 is 18.2 Å². The molecule has 0 atom stereocenters. The number of amides is 1. The molecule has 0 fully saturated rings. The lowest BCUT2D eigenvalue weighted by molar-refractivity contribution is -0.274. The lowest BCUT2D eigenvalue weighted by Gasteiger charge is -2.08. The minimum atomic E-state index is -4.79. The maximum Gasteiger partial charge on any atom is 0.573 e. The summed E-state index contributed by atoms with van der Waals surface area (Å²) in [7, 11) is 0. The molecule has 2 N–H and O–H groups in total. The number of hydrogen-bond donors (Lipinski definition) is 2. The van der Waals surface area contributed by atoms with Crippen LogP contribution in [0.4, 0.5) is 23.8 Å². The van der Waals surface area contributed by atoms with E-state index in [1.165, 1.54) is 29.3 Å². The Morgan fingerprint density at radius 2 is 1.93 bits per heavy atom. The van der Waals surface area contributed by atoms with Gasteiger partial charge in [0.1, 0.15) is 17.9 Å². The smallest absolute Gasteiger partial charge is 0.465 e. The molecule has 3 rings (SSSR count). The molecule has 0 aliphatic rings. The molecule has 1 amide bonds. The van der Waals surface area contributed by atoms with Gasteiger partial charge < -0.3 is 9.84 Å². The molecule has 0 unspecified atom stereocenters. The van der Waals surface area contributed by atoms with Crippen LogP contribution in [0.1, 0.15) is 11.4 Å². The summed E-state index contributed by atoms with van der Waals surface area (Å²) >= 11 is 0. The average Bonchev–Trinajstić information content (AvgIpc) is 3.09. The average molecular weight is 392 g/mol. The molecule has 9 nitrogen and oxygen atoms in total. The summed E-state index contributed by atoms with van der Waals surface area (Å²) in [6, 6.07) is 5.56. The van der Waals surface area contributed by atoms with Gasteiger partial charge in [0, 0.05) is 6.20 Å². The number of aromatic nitrogens is 5. The molecule has 0 aromatic carbocycles. The predicted molar refractivity (Wildman–Crippen MR) is 90.6 cm³/mol. The number of alkyl halides is 3. The largest absolute Gasteiger partial charge is 0.573 e. The van der Waals surface area contributed by atoms with Crippen LogP contribution in [0.2, 0.25) is 0 Å². The van der Waals surface area contributed by atoms with E-state index in [1.54, 1.807) is 18.2 Å². The van der Waals surface area contributed by atoms with Crippen LogP contribution in [0.3, 0.4) is 0 Å². The standard InChI is InChI=1S/C16H11F3N6O3/c17-16(18,19)28-11-3-6-14(21-8-11)25-9-22-13(24-25)5-2-10-1-4-12(20-7-10)23-15(26)27/h1-9H,(H,20,23)(H,26,27). The number of nitrogens with one attached hydrogen (secondary N) is 1. The van der Waals surface area contributed by atoms with Crippen LogP contribution < -0.4 is 10.1 Å². The second-order valence-corrected chi connectivity index (χ2v) is 5.19. The summed E-state index contributed by atoms with van der Waals surface area (Å²) in [5.74, 6) is 0.332. The van der Waals surface area contributed by atoms with Gasteiger partial charge in [0.25, 0.3) is 0 Å². The van der Waals surface area contributed by atoms with Crippen molar-refractivity contribution in [2.45, 2.75) is 6.36 Å². The lowest BCUT2D eigenvalue weighted by Crippen LogP contribution is -2.17. The molecule has 0 aliphatic heterocycles. The van der Waals surface area contributed by atoms with Crippen LogP contribution in [0.25, 0.3) is 18.0 Å². The van der Waals surface area contributed by atoms with Crippen LogP contribution in [0.15, 0.2) is 43.0 Å². The molecule has 0 saturated heterocycles. The lowest BCUT2D eigenvalue weighted by atomic mass is 10.2. The normalized spacial score (nSPS) is 11.5. The maximum atomic E-state index is 12.2. The van der Waals surface area contributed by atoms with Crippen molar-refractivity contribution in [2.24, 2.45) is 0 Å². The van der Waals surface area contributed by atoms with Crippen LogP contribution in [0, 0.1) is 0 Å². The van der Waals surface area contributed by atoms with E-state index in [1.807, 2.05) is 0 Å². The molecule has 0 bridgehead atoms. The van der Waals surface area contributed by atoms with Gasteiger partial charge in [-0.1, -0.05) is 0 Å². The monoisotopic (exact) mass is 392 g/mol. The molecule has 0 spiro atoms. The van der Waals surface area contributed by atoms with Crippen LogP contribution in [0.5, 0.6) is 5.75 Å². The fourth-order valence-electron chi connectivity index (χ4n) is 2.02. The Balaban J connectivity index is 1.66. The Morgan fingerprint density at radius 1 is 1.11 bits per heavy atom. The number of pyridine rings is 2. The molecule has 3 aromatic heterocycles. The van der Waals surface area contributed by atoms with Crippen LogP contribution in [-0.2, 0) is 0 Å². The van der Waals surface area contributed by atoms with Gasteiger partial charge in [-0.15, -0.1) is 18.3 Å². The summed E-state index contributed by atoms with van der Waals surface area (Å²) in [5.41, 5.74) is 0.680. The van der Waals surface area contributed by atoms with Gasteiger partial charge >= 0.3 is 12.5 Å². The number of carbonyl (C=O) groups is 1. The highest BCUT2D eigenvalue weighted by Crippen LogP contribution is 2.22. The van der Waals surface area contributed by atoms with Gasteiger partial charge in [0.15, 0.2) is 11.6 Å². The molecule has 0 aliphatic carbocycles. The second kappa shape index (κ2) is 7.73. The highest BCUT2D eigenvalue weighted by molar-refractivity contribution is 5.81. The first-order valence-corrected chi connectivity index (χ1v) is 7.56. The number of halogens is 3. The molecule has 3 heterocycles. The van der Waals surface area contributed by atoms with Gasteiger partial charge in [-0.25, -0.2) is 24.4 Å². The fourth-order valence-corrected chi connectivity index (χ4v) is 2.02. The van der Waals surface area contributed by atoms with E-state index in [0.29, 0.717) is 11.4 Å². The number of ether oxygens (including phenoxy) is 1. The van der Waals surface area contributed by atoms with Crippen molar-refractivity contribution < 1.29 is 27.8 Å². The highest BCUT2D eigenvalue weighted by atomic mass is 19.4. The van der Waals surface area contributed by atoms with Crippen molar-refractivity contribution in [3.8, 4) is 11.6 Å². The number of rotatable bonds is 5. The molecule has 3 aromatic rings. The van der Waals surface area contributed by atoms with Gasteiger partial charge in [0.05, 0.1) is 6.20 Å². The van der Waals surface area contributed by atoms with E-state index in [4.69, 9.17) is 5.11 Å². The molecule has 0 saturated carbocycles. The molecular formula is C16H11F3N6O3. The third-order valence-corrected chi connectivity index (χ3v) is 3.14. The number of anilines is 1. The summed E-state index contributed by atoms with van der Waals surface area (Å²) in [6.07, 6.45) is 0.981. The minimum Gasteiger partial charge on any atom is -0.465 e. The SMILES string of the molecule is O=C(O)Nc1ccc(C=Cc2ncn(-c3ccc(OC(F)(F)F)cn3)n2)cn1.